The summed E-state index contributed by atoms with van der Waals surface area (Å²) in [5.41, 5.74) is 1.12. The Morgan fingerprint density at radius 3 is 3.10 bits per heavy atom. The van der Waals surface area contributed by atoms with Crippen molar-refractivity contribution in [1.29, 1.82) is 0 Å². The van der Waals surface area contributed by atoms with Crippen molar-refractivity contribution in [1.82, 2.24) is 4.98 Å². The monoisotopic (exact) mass is 310 g/mol. The zero-order chi connectivity index (χ0) is 14.4. The van der Waals surface area contributed by atoms with Crippen LogP contribution in [-0.2, 0) is 16.0 Å². The maximum atomic E-state index is 11.5. The first-order valence-corrected chi connectivity index (χ1v) is 7.43. The first-order valence-electron chi connectivity index (χ1n) is 6.24. The standard InChI is InChI=1S/C14H15ClN2O2S/c1-2-19-9-13(18)17-14-16-8-12(20-14)7-10-4-3-5-11(15)6-10/h3-6,8H,2,7,9H2,1H3,(H,16,17,18). The lowest BCUT2D eigenvalue weighted by Gasteiger charge is -2.01. The number of thiazole rings is 1. The molecule has 0 atom stereocenters. The first kappa shape index (κ1) is 15.0. The Balaban J connectivity index is 1.93. The van der Waals surface area contributed by atoms with Crippen LogP contribution in [0.25, 0.3) is 0 Å². The lowest BCUT2D eigenvalue weighted by molar-refractivity contribution is -0.120. The molecule has 0 fully saturated rings. The molecule has 0 spiro atoms. The highest BCUT2D eigenvalue weighted by Gasteiger charge is 2.07. The summed E-state index contributed by atoms with van der Waals surface area (Å²) >= 11 is 7.40. The molecule has 0 saturated heterocycles. The quantitative estimate of drug-likeness (QED) is 0.890. The Labute approximate surface area is 126 Å². The van der Waals surface area contributed by atoms with Gasteiger partial charge in [-0.25, -0.2) is 4.98 Å². The molecular formula is C14H15ClN2O2S. The van der Waals surface area contributed by atoms with E-state index in [0.717, 1.165) is 21.9 Å². The van der Waals surface area contributed by atoms with Crippen LogP contribution in [0.5, 0.6) is 0 Å². The average molecular weight is 311 g/mol. The third kappa shape index (κ3) is 4.59. The summed E-state index contributed by atoms with van der Waals surface area (Å²) in [5.74, 6) is -0.185. The van der Waals surface area contributed by atoms with Crippen molar-refractivity contribution in [2.24, 2.45) is 0 Å². The molecule has 0 aliphatic carbocycles. The van der Waals surface area contributed by atoms with Crippen molar-refractivity contribution in [3.63, 3.8) is 0 Å². The van der Waals surface area contributed by atoms with Crippen LogP contribution in [-0.4, -0.2) is 24.1 Å². The fourth-order valence-corrected chi connectivity index (χ4v) is 2.72. The number of anilines is 1. The van der Waals surface area contributed by atoms with E-state index in [1.165, 1.54) is 11.3 Å². The Morgan fingerprint density at radius 2 is 2.35 bits per heavy atom. The Bertz CT molecular complexity index is 586. The molecule has 20 heavy (non-hydrogen) atoms. The third-order valence-electron chi connectivity index (χ3n) is 2.50. The Kier molecular flexibility index (Phi) is 5.52. The molecule has 0 bridgehead atoms. The van der Waals surface area contributed by atoms with Crippen LogP contribution in [0.3, 0.4) is 0 Å². The minimum absolute atomic E-state index is 0.0553. The molecule has 1 heterocycles. The molecule has 0 radical (unpaired) electrons. The number of hydrogen-bond donors (Lipinski definition) is 1. The Hall–Kier alpha value is -1.43. The third-order valence-corrected chi connectivity index (χ3v) is 3.65. The molecule has 1 aromatic carbocycles. The number of rotatable bonds is 6. The van der Waals surface area contributed by atoms with Gasteiger partial charge in [0.2, 0.25) is 0 Å². The van der Waals surface area contributed by atoms with Gasteiger partial charge in [0.15, 0.2) is 5.13 Å². The van der Waals surface area contributed by atoms with Gasteiger partial charge >= 0.3 is 0 Å². The largest absolute Gasteiger partial charge is 0.372 e. The van der Waals surface area contributed by atoms with E-state index < -0.39 is 0 Å². The summed E-state index contributed by atoms with van der Waals surface area (Å²) < 4.78 is 5.03. The van der Waals surface area contributed by atoms with Gasteiger partial charge in [-0.3, -0.25) is 10.1 Å². The highest BCUT2D eigenvalue weighted by Crippen LogP contribution is 2.22. The van der Waals surface area contributed by atoms with Gasteiger partial charge in [0.05, 0.1) is 0 Å². The van der Waals surface area contributed by atoms with Crippen molar-refractivity contribution in [3.8, 4) is 0 Å². The predicted molar refractivity (Wildman–Crippen MR) is 81.5 cm³/mol. The zero-order valence-corrected chi connectivity index (χ0v) is 12.6. The minimum Gasteiger partial charge on any atom is -0.372 e. The maximum Gasteiger partial charge on any atom is 0.252 e. The van der Waals surface area contributed by atoms with Gasteiger partial charge in [0.25, 0.3) is 5.91 Å². The van der Waals surface area contributed by atoms with Gasteiger partial charge in [0.1, 0.15) is 6.61 Å². The number of nitrogens with one attached hydrogen (secondary N) is 1. The molecule has 6 heteroatoms. The normalized spacial score (nSPS) is 10.5. The van der Waals surface area contributed by atoms with E-state index in [2.05, 4.69) is 10.3 Å². The number of halogens is 1. The molecule has 0 aliphatic heterocycles. The fourth-order valence-electron chi connectivity index (χ4n) is 1.65. The molecular weight excluding hydrogens is 296 g/mol. The summed E-state index contributed by atoms with van der Waals surface area (Å²) in [6.07, 6.45) is 2.52. The number of carbonyl (C=O) groups is 1. The van der Waals surface area contributed by atoms with E-state index in [9.17, 15) is 4.79 Å². The van der Waals surface area contributed by atoms with E-state index >= 15 is 0 Å². The number of nitrogens with zero attached hydrogens (tertiary/aromatic N) is 1. The second-order valence-electron chi connectivity index (χ2n) is 4.12. The highest BCUT2D eigenvalue weighted by molar-refractivity contribution is 7.15. The SMILES string of the molecule is CCOCC(=O)Nc1ncc(Cc2cccc(Cl)c2)s1. The predicted octanol–water partition coefficient (Wildman–Crippen LogP) is 3.36. The van der Waals surface area contributed by atoms with Crippen LogP contribution in [0, 0.1) is 0 Å². The van der Waals surface area contributed by atoms with Gasteiger partial charge < -0.3 is 4.74 Å². The summed E-state index contributed by atoms with van der Waals surface area (Å²) in [4.78, 5) is 16.7. The number of amides is 1. The van der Waals surface area contributed by atoms with Gasteiger partial charge in [-0.1, -0.05) is 23.7 Å². The van der Waals surface area contributed by atoms with Crippen molar-refractivity contribution in [3.05, 3.63) is 45.9 Å². The van der Waals surface area contributed by atoms with Crippen molar-refractivity contribution < 1.29 is 9.53 Å². The van der Waals surface area contributed by atoms with E-state index in [1.54, 1.807) is 6.20 Å². The molecule has 0 unspecified atom stereocenters. The molecule has 106 valence electrons. The van der Waals surface area contributed by atoms with Gasteiger partial charge in [-0.2, -0.15) is 0 Å². The van der Waals surface area contributed by atoms with Crippen molar-refractivity contribution >= 4 is 34.0 Å². The lowest BCUT2D eigenvalue weighted by atomic mass is 10.1. The zero-order valence-electron chi connectivity index (χ0n) is 11.1. The topological polar surface area (TPSA) is 51.2 Å². The van der Waals surface area contributed by atoms with Crippen LogP contribution < -0.4 is 5.32 Å². The summed E-state index contributed by atoms with van der Waals surface area (Å²) in [6, 6.07) is 7.70. The highest BCUT2D eigenvalue weighted by atomic mass is 35.5. The van der Waals surface area contributed by atoms with E-state index in [-0.39, 0.29) is 12.5 Å². The van der Waals surface area contributed by atoms with Gasteiger partial charge in [0, 0.05) is 29.1 Å². The van der Waals surface area contributed by atoms with E-state index in [0.29, 0.717) is 11.7 Å². The van der Waals surface area contributed by atoms with Crippen LogP contribution >= 0.6 is 22.9 Å². The molecule has 0 aliphatic rings. The van der Waals surface area contributed by atoms with Crippen LogP contribution in [0.15, 0.2) is 30.5 Å². The van der Waals surface area contributed by atoms with Crippen molar-refractivity contribution in [2.75, 3.05) is 18.5 Å². The van der Waals surface area contributed by atoms with Gasteiger partial charge in [-0.15, -0.1) is 11.3 Å². The lowest BCUT2D eigenvalue weighted by Crippen LogP contribution is -2.17. The molecule has 1 amide bonds. The average Bonchev–Trinajstić information content (AvgIpc) is 2.83. The smallest absolute Gasteiger partial charge is 0.252 e. The Morgan fingerprint density at radius 1 is 1.50 bits per heavy atom. The number of carbonyl (C=O) groups excluding carboxylic acids is 1. The summed E-state index contributed by atoms with van der Waals surface area (Å²) in [5, 5.41) is 4.02. The molecule has 1 aromatic heterocycles. The van der Waals surface area contributed by atoms with Crippen LogP contribution in [0.1, 0.15) is 17.4 Å². The van der Waals surface area contributed by atoms with Crippen LogP contribution in [0.4, 0.5) is 5.13 Å². The summed E-state index contributed by atoms with van der Waals surface area (Å²) in [7, 11) is 0. The summed E-state index contributed by atoms with van der Waals surface area (Å²) in [6.45, 7) is 2.42. The first-order chi connectivity index (χ1) is 9.67. The number of hydrogen-bond acceptors (Lipinski definition) is 4. The second kappa shape index (κ2) is 7.38. The minimum atomic E-state index is -0.185. The molecule has 1 N–H and O–H groups in total. The van der Waals surface area contributed by atoms with Gasteiger partial charge in [-0.05, 0) is 24.6 Å². The molecule has 2 aromatic rings. The molecule has 0 saturated carbocycles. The second-order valence-corrected chi connectivity index (χ2v) is 5.68. The number of aromatic nitrogens is 1. The van der Waals surface area contributed by atoms with E-state index in [1.807, 2.05) is 31.2 Å². The molecule has 2 rings (SSSR count). The maximum absolute atomic E-state index is 11.5. The number of benzene rings is 1. The van der Waals surface area contributed by atoms with Crippen molar-refractivity contribution in [2.45, 2.75) is 13.3 Å². The fraction of sp³-hybridized carbons (Fsp3) is 0.286. The van der Waals surface area contributed by atoms with Crippen LogP contribution in [0.2, 0.25) is 5.02 Å². The van der Waals surface area contributed by atoms with E-state index in [4.69, 9.17) is 16.3 Å². The number of ether oxygens (including phenoxy) is 1. The molecule has 4 nitrogen and oxygen atoms in total.